The Morgan fingerprint density at radius 3 is 2.48 bits per heavy atom. The van der Waals surface area contributed by atoms with Crippen LogP contribution in [0.1, 0.15) is 18.9 Å². The van der Waals surface area contributed by atoms with Gasteiger partial charge in [0, 0.05) is 24.3 Å². The fraction of sp³-hybridized carbons (Fsp3) is 0.385. The van der Waals surface area contributed by atoms with Crippen molar-refractivity contribution in [1.82, 2.24) is 5.01 Å². The van der Waals surface area contributed by atoms with Crippen LogP contribution in [0, 0.1) is 10.1 Å². The van der Waals surface area contributed by atoms with Gasteiger partial charge in [-0.2, -0.15) is 23.3 Å². The van der Waals surface area contributed by atoms with Crippen LogP contribution in [0.15, 0.2) is 29.4 Å². The average molecular weight is 331 g/mol. The number of rotatable bonds is 3. The van der Waals surface area contributed by atoms with Crippen LogP contribution in [0.2, 0.25) is 0 Å². The fourth-order valence-electron chi connectivity index (χ4n) is 2.19. The van der Waals surface area contributed by atoms with E-state index in [-0.39, 0.29) is 22.0 Å². The van der Waals surface area contributed by atoms with Gasteiger partial charge in [-0.1, -0.05) is 12.1 Å². The second-order valence-corrected chi connectivity index (χ2v) is 5.13. The molecule has 124 valence electrons. The number of nitro groups is 1. The molecule has 0 radical (unpaired) electrons. The van der Waals surface area contributed by atoms with Crippen molar-refractivity contribution in [3.63, 3.8) is 0 Å². The highest BCUT2D eigenvalue weighted by molar-refractivity contribution is 5.89. The molecule has 0 spiro atoms. The molecular weight excluding hydrogens is 319 g/mol. The van der Waals surface area contributed by atoms with Crippen molar-refractivity contribution in [1.29, 1.82) is 0 Å². The van der Waals surface area contributed by atoms with Gasteiger partial charge in [0.2, 0.25) is 5.91 Å². The molecule has 0 fully saturated rings. The topological polar surface area (TPSA) is 96.0 Å². The van der Waals surface area contributed by atoms with E-state index in [0.717, 1.165) is 12.1 Å². The van der Waals surface area contributed by atoms with E-state index >= 15 is 0 Å². The number of amides is 1. The number of aliphatic hydroxyl groups is 1. The van der Waals surface area contributed by atoms with E-state index in [9.17, 15) is 33.2 Å². The lowest BCUT2D eigenvalue weighted by atomic mass is 10.1. The number of carbonyl (C=O) groups is 1. The first-order valence-electron chi connectivity index (χ1n) is 6.44. The van der Waals surface area contributed by atoms with Crippen molar-refractivity contribution >= 4 is 17.3 Å². The minimum Gasteiger partial charge on any atom is -0.362 e. The molecule has 10 heteroatoms. The first-order valence-corrected chi connectivity index (χ1v) is 6.44. The summed E-state index contributed by atoms with van der Waals surface area (Å²) in [6.07, 6.45) is -6.35. The molecule has 7 nitrogen and oxygen atoms in total. The van der Waals surface area contributed by atoms with Crippen LogP contribution in [-0.2, 0) is 11.2 Å². The standard InChI is InChI=1S/C13H12F3N3O4/c1-8-7-12(21,13(14,15)16)18(17-8)11(20)6-9-2-4-10(5-3-9)19(22)23/h2-5,21H,6-7H2,1H3. The van der Waals surface area contributed by atoms with E-state index in [4.69, 9.17) is 0 Å². The van der Waals surface area contributed by atoms with Crippen LogP contribution in [0.5, 0.6) is 0 Å². The van der Waals surface area contributed by atoms with Crippen LogP contribution >= 0.6 is 0 Å². The maximum Gasteiger partial charge on any atom is 0.438 e. The molecule has 1 aromatic rings. The largest absolute Gasteiger partial charge is 0.438 e. The third-order valence-corrected chi connectivity index (χ3v) is 3.32. The van der Waals surface area contributed by atoms with Crippen molar-refractivity contribution < 1.29 is 28.0 Å². The number of benzene rings is 1. The molecule has 1 unspecified atom stereocenters. The Bertz CT molecular complexity index is 672. The number of nitrogens with zero attached hydrogens (tertiary/aromatic N) is 3. The Morgan fingerprint density at radius 1 is 1.43 bits per heavy atom. The van der Waals surface area contributed by atoms with E-state index in [2.05, 4.69) is 5.10 Å². The van der Waals surface area contributed by atoms with Gasteiger partial charge in [-0.15, -0.1) is 0 Å². The second kappa shape index (κ2) is 5.61. The zero-order valence-electron chi connectivity index (χ0n) is 11.9. The maximum atomic E-state index is 13.0. The Labute approximate surface area is 128 Å². The monoisotopic (exact) mass is 331 g/mol. The quantitative estimate of drug-likeness (QED) is 0.677. The summed E-state index contributed by atoms with van der Waals surface area (Å²) in [5.74, 6) is -1.06. The van der Waals surface area contributed by atoms with Gasteiger partial charge >= 0.3 is 6.18 Å². The summed E-state index contributed by atoms with van der Waals surface area (Å²) < 4.78 is 39.1. The van der Waals surface area contributed by atoms with Gasteiger partial charge in [-0.25, -0.2) is 0 Å². The number of hydrazone groups is 1. The number of hydrogen-bond donors (Lipinski definition) is 1. The third-order valence-electron chi connectivity index (χ3n) is 3.32. The molecule has 1 atom stereocenters. The number of hydrogen-bond acceptors (Lipinski definition) is 5. The summed E-state index contributed by atoms with van der Waals surface area (Å²) in [6, 6.07) is 4.79. The second-order valence-electron chi connectivity index (χ2n) is 5.13. The zero-order chi connectivity index (χ0) is 17.4. The molecule has 1 heterocycles. The minimum atomic E-state index is -5.06. The Hall–Kier alpha value is -2.49. The molecule has 1 N–H and O–H groups in total. The summed E-state index contributed by atoms with van der Waals surface area (Å²) in [6.45, 7) is 1.27. The summed E-state index contributed by atoms with van der Waals surface area (Å²) in [5.41, 5.74) is -3.33. The van der Waals surface area contributed by atoms with Gasteiger partial charge in [0.1, 0.15) is 0 Å². The summed E-state index contributed by atoms with van der Waals surface area (Å²) in [7, 11) is 0. The fourth-order valence-corrected chi connectivity index (χ4v) is 2.19. The van der Waals surface area contributed by atoms with E-state index in [1.54, 1.807) is 0 Å². The Kier molecular flexibility index (Phi) is 4.12. The van der Waals surface area contributed by atoms with Crippen LogP contribution in [0.4, 0.5) is 18.9 Å². The predicted octanol–water partition coefficient (Wildman–Crippen LogP) is 2.00. The molecule has 1 amide bonds. The molecule has 0 aliphatic carbocycles. The zero-order valence-corrected chi connectivity index (χ0v) is 11.9. The van der Waals surface area contributed by atoms with Gasteiger partial charge in [0.05, 0.1) is 11.3 Å². The summed E-state index contributed by atoms with van der Waals surface area (Å²) >= 11 is 0. The lowest BCUT2D eigenvalue weighted by Gasteiger charge is -2.32. The molecular formula is C13H12F3N3O4. The molecule has 2 rings (SSSR count). The van der Waals surface area contributed by atoms with E-state index in [0.29, 0.717) is 0 Å². The lowest BCUT2D eigenvalue weighted by Crippen LogP contribution is -2.57. The number of alkyl halides is 3. The smallest absolute Gasteiger partial charge is 0.362 e. The van der Waals surface area contributed by atoms with Gasteiger partial charge < -0.3 is 5.11 Å². The molecule has 1 aromatic carbocycles. The molecule has 0 bridgehead atoms. The molecule has 0 aromatic heterocycles. The molecule has 1 aliphatic heterocycles. The van der Waals surface area contributed by atoms with Gasteiger partial charge in [-0.3, -0.25) is 14.9 Å². The minimum absolute atomic E-state index is 0.0260. The normalized spacial score (nSPS) is 21.3. The first kappa shape index (κ1) is 16.9. The van der Waals surface area contributed by atoms with Crippen molar-refractivity contribution in [3.05, 3.63) is 39.9 Å². The molecule has 1 aliphatic rings. The van der Waals surface area contributed by atoms with E-state index < -0.39 is 35.6 Å². The highest BCUT2D eigenvalue weighted by atomic mass is 19.4. The van der Waals surface area contributed by atoms with Crippen molar-refractivity contribution in [3.8, 4) is 0 Å². The van der Waals surface area contributed by atoms with Crippen LogP contribution in [-0.4, -0.2) is 38.6 Å². The van der Waals surface area contributed by atoms with Crippen molar-refractivity contribution in [2.45, 2.75) is 31.7 Å². The summed E-state index contributed by atoms with van der Waals surface area (Å²) in [5, 5.41) is 23.8. The van der Waals surface area contributed by atoms with Gasteiger partial charge in [0.25, 0.3) is 11.4 Å². The van der Waals surface area contributed by atoms with Crippen LogP contribution < -0.4 is 0 Å². The Morgan fingerprint density at radius 2 is 2.00 bits per heavy atom. The SMILES string of the molecule is CC1=NN(C(=O)Cc2ccc([N+](=O)[O-])cc2)C(O)(C(F)(F)F)C1. The van der Waals surface area contributed by atoms with Crippen molar-refractivity contribution in [2.75, 3.05) is 0 Å². The van der Waals surface area contributed by atoms with Gasteiger partial charge in [-0.05, 0) is 12.5 Å². The van der Waals surface area contributed by atoms with Crippen LogP contribution in [0.3, 0.4) is 0 Å². The van der Waals surface area contributed by atoms with Gasteiger partial charge in [0.15, 0.2) is 0 Å². The number of carbonyl (C=O) groups excluding carboxylic acids is 1. The maximum absolute atomic E-state index is 13.0. The number of non-ortho nitro benzene ring substituents is 1. The third kappa shape index (κ3) is 3.16. The number of halogens is 3. The number of nitro benzene ring substituents is 1. The van der Waals surface area contributed by atoms with Crippen molar-refractivity contribution in [2.24, 2.45) is 5.10 Å². The lowest BCUT2D eigenvalue weighted by molar-refractivity contribution is -0.384. The van der Waals surface area contributed by atoms with E-state index in [1.165, 1.54) is 19.1 Å². The predicted molar refractivity (Wildman–Crippen MR) is 72.4 cm³/mol. The van der Waals surface area contributed by atoms with E-state index in [1.807, 2.05) is 0 Å². The first-order chi connectivity index (χ1) is 10.5. The summed E-state index contributed by atoms with van der Waals surface area (Å²) in [4.78, 5) is 22.0. The molecule has 0 saturated heterocycles. The highest BCUT2D eigenvalue weighted by Crippen LogP contribution is 2.40. The molecule has 0 saturated carbocycles. The molecule has 23 heavy (non-hydrogen) atoms. The average Bonchev–Trinajstić information content (AvgIpc) is 2.75. The highest BCUT2D eigenvalue weighted by Gasteiger charge is 2.62. The Balaban J connectivity index is 2.20. The van der Waals surface area contributed by atoms with Crippen LogP contribution in [0.25, 0.3) is 0 Å².